The molecule has 0 bridgehead atoms. The number of benzene rings is 1. The van der Waals surface area contributed by atoms with E-state index in [1.807, 2.05) is 50.2 Å². The highest BCUT2D eigenvalue weighted by Gasteiger charge is 2.21. The molecule has 0 aliphatic carbocycles. The summed E-state index contributed by atoms with van der Waals surface area (Å²) < 4.78 is 1.55. The Morgan fingerprint density at radius 3 is 2.48 bits per heavy atom. The van der Waals surface area contributed by atoms with Gasteiger partial charge in [-0.15, -0.1) is 0 Å². The van der Waals surface area contributed by atoms with Crippen LogP contribution in [0.15, 0.2) is 41.2 Å². The van der Waals surface area contributed by atoms with Crippen molar-refractivity contribution in [3.8, 4) is 11.3 Å². The molecular formula is C17H23N3O. The van der Waals surface area contributed by atoms with Gasteiger partial charge in [0.1, 0.15) is 0 Å². The Bertz CT molecular complexity index is 654. The van der Waals surface area contributed by atoms with Gasteiger partial charge in [0.05, 0.1) is 5.69 Å². The van der Waals surface area contributed by atoms with Crippen molar-refractivity contribution in [1.29, 1.82) is 0 Å². The molecule has 21 heavy (non-hydrogen) atoms. The molecule has 0 fully saturated rings. The van der Waals surface area contributed by atoms with Crippen LogP contribution in [-0.4, -0.2) is 9.78 Å². The van der Waals surface area contributed by atoms with E-state index in [2.05, 4.69) is 12.0 Å². The van der Waals surface area contributed by atoms with Crippen molar-refractivity contribution in [2.24, 2.45) is 5.73 Å². The van der Waals surface area contributed by atoms with E-state index in [4.69, 9.17) is 5.73 Å². The van der Waals surface area contributed by atoms with E-state index in [1.165, 1.54) is 0 Å². The number of nitrogens with two attached hydrogens (primary N) is 1. The van der Waals surface area contributed by atoms with Crippen molar-refractivity contribution in [1.82, 2.24) is 9.78 Å². The van der Waals surface area contributed by atoms with Gasteiger partial charge in [-0.1, -0.05) is 43.7 Å². The van der Waals surface area contributed by atoms with Gasteiger partial charge in [0, 0.05) is 23.2 Å². The van der Waals surface area contributed by atoms with E-state index >= 15 is 0 Å². The molecule has 1 aromatic heterocycles. The van der Waals surface area contributed by atoms with E-state index in [0.29, 0.717) is 12.1 Å². The lowest BCUT2D eigenvalue weighted by Crippen LogP contribution is -2.39. The second-order valence-electron chi connectivity index (χ2n) is 5.91. The van der Waals surface area contributed by atoms with Crippen molar-refractivity contribution < 1.29 is 0 Å². The van der Waals surface area contributed by atoms with Gasteiger partial charge in [-0.05, 0) is 26.3 Å². The third-order valence-corrected chi connectivity index (χ3v) is 3.46. The molecule has 0 saturated carbocycles. The predicted molar refractivity (Wildman–Crippen MR) is 86.1 cm³/mol. The minimum absolute atomic E-state index is 0.0874. The molecule has 0 amide bonds. The number of aryl methyl sites for hydroxylation is 1. The lowest BCUT2D eigenvalue weighted by molar-refractivity contribution is 0.498. The van der Waals surface area contributed by atoms with Crippen molar-refractivity contribution in [2.75, 3.05) is 0 Å². The van der Waals surface area contributed by atoms with E-state index in [0.717, 1.165) is 24.1 Å². The largest absolute Gasteiger partial charge is 0.322 e. The van der Waals surface area contributed by atoms with Crippen LogP contribution in [0.1, 0.15) is 39.2 Å². The molecule has 4 nitrogen and oxygen atoms in total. The second-order valence-corrected chi connectivity index (χ2v) is 5.91. The Hall–Kier alpha value is -1.94. The molecule has 2 aromatic rings. The first-order valence-electron chi connectivity index (χ1n) is 7.40. The molecule has 2 rings (SSSR count). The zero-order valence-electron chi connectivity index (χ0n) is 13.0. The number of hydrogen-bond donors (Lipinski definition) is 1. The maximum Gasteiger partial charge on any atom is 0.271 e. The molecule has 4 heteroatoms. The number of unbranched alkanes of at least 4 members (excludes halogenated alkanes) is 1. The summed E-state index contributed by atoms with van der Waals surface area (Å²) in [6.45, 7) is 6.42. The fourth-order valence-electron chi connectivity index (χ4n) is 2.21. The van der Waals surface area contributed by atoms with Crippen molar-refractivity contribution in [2.45, 2.75) is 45.7 Å². The Morgan fingerprint density at radius 2 is 1.90 bits per heavy atom. The average Bonchev–Trinajstić information content (AvgIpc) is 2.46. The summed E-state index contributed by atoms with van der Waals surface area (Å²) in [6, 6.07) is 11.7. The lowest BCUT2D eigenvalue weighted by atomic mass is 9.96. The van der Waals surface area contributed by atoms with E-state index in [9.17, 15) is 4.79 Å². The van der Waals surface area contributed by atoms with E-state index in [-0.39, 0.29) is 5.56 Å². The van der Waals surface area contributed by atoms with Gasteiger partial charge in [0.2, 0.25) is 0 Å². The van der Waals surface area contributed by atoms with Crippen LogP contribution in [0.2, 0.25) is 0 Å². The van der Waals surface area contributed by atoms with Crippen LogP contribution in [0.4, 0.5) is 0 Å². The zero-order valence-corrected chi connectivity index (χ0v) is 13.0. The minimum Gasteiger partial charge on any atom is -0.322 e. The van der Waals surface area contributed by atoms with Gasteiger partial charge in [0.25, 0.3) is 5.56 Å². The summed E-state index contributed by atoms with van der Waals surface area (Å²) in [5.74, 6) is 0. The molecule has 112 valence electrons. The minimum atomic E-state index is -0.683. The molecule has 2 N–H and O–H groups in total. The van der Waals surface area contributed by atoms with Gasteiger partial charge in [-0.2, -0.15) is 5.10 Å². The van der Waals surface area contributed by atoms with Crippen molar-refractivity contribution >= 4 is 0 Å². The first kappa shape index (κ1) is 15.4. The fourth-order valence-corrected chi connectivity index (χ4v) is 2.21. The smallest absolute Gasteiger partial charge is 0.271 e. The molecular weight excluding hydrogens is 262 g/mol. The Labute approximate surface area is 125 Å². The normalized spacial score (nSPS) is 11.6. The molecule has 0 aliphatic heterocycles. The molecule has 1 heterocycles. The third-order valence-electron chi connectivity index (χ3n) is 3.46. The summed E-state index contributed by atoms with van der Waals surface area (Å²) in [4.78, 5) is 12.5. The van der Waals surface area contributed by atoms with Gasteiger partial charge < -0.3 is 5.73 Å². The maximum absolute atomic E-state index is 12.5. The van der Waals surface area contributed by atoms with E-state index in [1.54, 1.807) is 4.68 Å². The molecule has 0 saturated heterocycles. The summed E-state index contributed by atoms with van der Waals surface area (Å²) in [6.07, 6.45) is 1.95. The molecule has 0 spiro atoms. The van der Waals surface area contributed by atoms with Crippen LogP contribution in [0.25, 0.3) is 11.3 Å². The van der Waals surface area contributed by atoms with Crippen molar-refractivity contribution in [3.05, 3.63) is 52.3 Å². The predicted octanol–water partition coefficient (Wildman–Crippen LogP) is 2.90. The van der Waals surface area contributed by atoms with Gasteiger partial charge >= 0.3 is 0 Å². The van der Waals surface area contributed by atoms with Crippen LogP contribution in [-0.2, 0) is 12.1 Å². The van der Waals surface area contributed by atoms with Crippen LogP contribution in [0.3, 0.4) is 0 Å². The molecule has 0 atom stereocenters. The molecule has 0 aliphatic rings. The summed E-state index contributed by atoms with van der Waals surface area (Å²) in [5, 5.41) is 4.50. The maximum atomic E-state index is 12.5. The number of hydrogen-bond acceptors (Lipinski definition) is 3. The fraction of sp³-hybridized carbons (Fsp3) is 0.412. The average molecular weight is 285 g/mol. The lowest BCUT2D eigenvalue weighted by Gasteiger charge is -2.20. The highest BCUT2D eigenvalue weighted by molar-refractivity contribution is 5.59. The highest BCUT2D eigenvalue weighted by Crippen LogP contribution is 2.20. The van der Waals surface area contributed by atoms with Crippen molar-refractivity contribution in [3.63, 3.8) is 0 Å². The highest BCUT2D eigenvalue weighted by atomic mass is 16.1. The van der Waals surface area contributed by atoms with Crippen LogP contribution in [0, 0.1) is 0 Å². The molecule has 0 unspecified atom stereocenters. The van der Waals surface area contributed by atoms with Crippen LogP contribution < -0.4 is 11.3 Å². The van der Waals surface area contributed by atoms with Gasteiger partial charge in [-0.3, -0.25) is 4.79 Å². The number of aromatic nitrogens is 2. The van der Waals surface area contributed by atoms with Gasteiger partial charge in [-0.25, -0.2) is 4.68 Å². The summed E-state index contributed by atoms with van der Waals surface area (Å²) in [7, 11) is 0. The standard InChI is InChI=1S/C17H23N3O/c1-4-5-11-20-16(21)14(17(2,3)18)12-15(19-20)13-9-7-6-8-10-13/h6-10,12H,4-5,11,18H2,1-3H3. The quantitative estimate of drug-likeness (QED) is 0.919. The second kappa shape index (κ2) is 6.22. The topological polar surface area (TPSA) is 60.9 Å². The van der Waals surface area contributed by atoms with Crippen LogP contribution in [0.5, 0.6) is 0 Å². The summed E-state index contributed by atoms with van der Waals surface area (Å²) in [5.41, 5.74) is 7.78. The Balaban J connectivity index is 2.59. The zero-order chi connectivity index (χ0) is 15.5. The number of nitrogens with zero attached hydrogens (tertiary/aromatic N) is 2. The first-order chi connectivity index (χ1) is 9.93. The van der Waals surface area contributed by atoms with E-state index < -0.39 is 5.54 Å². The SMILES string of the molecule is CCCCn1nc(-c2ccccc2)cc(C(C)(C)N)c1=O. The third kappa shape index (κ3) is 3.58. The Kier molecular flexibility index (Phi) is 4.58. The van der Waals surface area contributed by atoms with Gasteiger partial charge in [0.15, 0.2) is 0 Å². The monoisotopic (exact) mass is 285 g/mol. The molecule has 1 aromatic carbocycles. The summed E-state index contributed by atoms with van der Waals surface area (Å²) >= 11 is 0. The number of rotatable bonds is 5. The molecule has 0 radical (unpaired) electrons. The van der Waals surface area contributed by atoms with Crippen LogP contribution >= 0.6 is 0 Å². The Morgan fingerprint density at radius 1 is 1.24 bits per heavy atom. The first-order valence-corrected chi connectivity index (χ1v) is 7.40.